The van der Waals surface area contributed by atoms with Gasteiger partial charge in [0.15, 0.2) is 0 Å². The average Bonchev–Trinajstić information content (AvgIpc) is 2.33. The van der Waals surface area contributed by atoms with Crippen LogP contribution in [0.3, 0.4) is 0 Å². The highest BCUT2D eigenvalue weighted by atomic mass is 19.4. The Morgan fingerprint density at radius 3 is 2.14 bits per heavy atom. The van der Waals surface area contributed by atoms with E-state index in [4.69, 9.17) is 4.74 Å². The Morgan fingerprint density at radius 1 is 1.19 bits per heavy atom. The molecule has 0 aliphatic heterocycles. The third-order valence-electron chi connectivity index (χ3n) is 2.65. The molecule has 0 fully saturated rings. The van der Waals surface area contributed by atoms with E-state index >= 15 is 0 Å². The van der Waals surface area contributed by atoms with E-state index in [0.717, 1.165) is 12.1 Å². The molecule has 0 saturated heterocycles. The molecule has 21 heavy (non-hydrogen) atoms. The fourth-order valence-electron chi connectivity index (χ4n) is 1.56. The van der Waals surface area contributed by atoms with Crippen LogP contribution in [0, 0.1) is 0 Å². The van der Waals surface area contributed by atoms with Crippen molar-refractivity contribution < 1.29 is 22.7 Å². The summed E-state index contributed by atoms with van der Waals surface area (Å²) in [6.45, 7) is 7.26. The molecule has 0 amide bonds. The molecular weight excluding hydrogens is 283 g/mol. The van der Waals surface area contributed by atoms with E-state index < -0.39 is 29.4 Å². The number of alkyl halides is 3. The number of hydrogen-bond acceptors (Lipinski definition) is 3. The van der Waals surface area contributed by atoms with Gasteiger partial charge in [0.05, 0.1) is 5.56 Å². The number of carbonyl (C=O) groups excluding carboxylic acids is 1. The van der Waals surface area contributed by atoms with Gasteiger partial charge in [0.1, 0.15) is 11.6 Å². The molecule has 1 aromatic carbocycles. The molecule has 0 aromatic heterocycles. The molecule has 1 N–H and O–H groups in total. The van der Waals surface area contributed by atoms with Gasteiger partial charge in [0, 0.05) is 6.54 Å². The van der Waals surface area contributed by atoms with Crippen molar-refractivity contribution in [2.45, 2.75) is 52.1 Å². The summed E-state index contributed by atoms with van der Waals surface area (Å²) in [5.74, 6) is -0.394. The normalized spacial score (nSPS) is 13.9. The quantitative estimate of drug-likeness (QED) is 0.865. The van der Waals surface area contributed by atoms with E-state index in [0.29, 0.717) is 12.1 Å². The van der Waals surface area contributed by atoms with Crippen LogP contribution in [0.4, 0.5) is 13.2 Å². The zero-order chi connectivity index (χ0) is 16.3. The molecule has 6 heteroatoms. The van der Waals surface area contributed by atoms with E-state index in [1.807, 2.05) is 0 Å². The second kappa shape index (κ2) is 6.47. The zero-order valence-electron chi connectivity index (χ0n) is 12.5. The lowest BCUT2D eigenvalue weighted by Gasteiger charge is -2.22. The van der Waals surface area contributed by atoms with Crippen LogP contribution in [0.25, 0.3) is 0 Å². The summed E-state index contributed by atoms with van der Waals surface area (Å²) < 4.78 is 42.5. The first-order valence-corrected chi connectivity index (χ1v) is 6.61. The number of esters is 1. The minimum atomic E-state index is -4.34. The largest absolute Gasteiger partial charge is 0.459 e. The smallest absolute Gasteiger partial charge is 0.416 e. The number of ether oxygens (including phenoxy) is 1. The summed E-state index contributed by atoms with van der Waals surface area (Å²) >= 11 is 0. The van der Waals surface area contributed by atoms with Crippen molar-refractivity contribution >= 4 is 5.97 Å². The lowest BCUT2D eigenvalue weighted by atomic mass is 10.1. The zero-order valence-corrected chi connectivity index (χ0v) is 12.5. The maximum atomic E-state index is 12.4. The van der Waals surface area contributed by atoms with Crippen LogP contribution in [-0.2, 0) is 22.3 Å². The molecule has 1 unspecified atom stereocenters. The van der Waals surface area contributed by atoms with Crippen LogP contribution in [-0.4, -0.2) is 17.6 Å². The van der Waals surface area contributed by atoms with Gasteiger partial charge in [-0.3, -0.25) is 4.79 Å². The summed E-state index contributed by atoms with van der Waals surface area (Å²) in [5.41, 5.74) is -0.591. The second-order valence-electron chi connectivity index (χ2n) is 5.83. The fourth-order valence-corrected chi connectivity index (χ4v) is 1.56. The molecule has 0 spiro atoms. The van der Waals surface area contributed by atoms with E-state index in [-0.39, 0.29) is 0 Å². The van der Waals surface area contributed by atoms with E-state index in [1.165, 1.54) is 12.1 Å². The highest BCUT2D eigenvalue weighted by Gasteiger charge is 2.30. The summed E-state index contributed by atoms with van der Waals surface area (Å²) in [4.78, 5) is 11.7. The Labute approximate surface area is 122 Å². The first kappa shape index (κ1) is 17.5. The van der Waals surface area contributed by atoms with Crippen molar-refractivity contribution in [2.24, 2.45) is 0 Å². The SMILES string of the molecule is CC(NCc1ccc(C(F)(F)F)cc1)C(=O)OC(C)(C)C. The number of hydrogen-bond donors (Lipinski definition) is 1. The molecule has 1 rings (SSSR count). The highest BCUT2D eigenvalue weighted by molar-refractivity contribution is 5.75. The molecule has 0 aliphatic rings. The van der Waals surface area contributed by atoms with Gasteiger partial charge in [-0.1, -0.05) is 12.1 Å². The van der Waals surface area contributed by atoms with Crippen LogP contribution in [0.5, 0.6) is 0 Å². The lowest BCUT2D eigenvalue weighted by molar-refractivity contribution is -0.157. The number of carbonyl (C=O) groups is 1. The third kappa shape index (κ3) is 6.16. The van der Waals surface area contributed by atoms with E-state index in [9.17, 15) is 18.0 Å². The van der Waals surface area contributed by atoms with Gasteiger partial charge >= 0.3 is 12.1 Å². The van der Waals surface area contributed by atoms with Gasteiger partial charge in [0.25, 0.3) is 0 Å². The Bertz CT molecular complexity index is 475. The average molecular weight is 303 g/mol. The van der Waals surface area contributed by atoms with Gasteiger partial charge in [-0.2, -0.15) is 13.2 Å². The van der Waals surface area contributed by atoms with Crippen molar-refractivity contribution in [1.82, 2.24) is 5.32 Å². The molecule has 0 bridgehead atoms. The highest BCUT2D eigenvalue weighted by Crippen LogP contribution is 2.29. The predicted molar refractivity (Wildman–Crippen MR) is 73.6 cm³/mol. The summed E-state index contributed by atoms with van der Waals surface area (Å²) in [7, 11) is 0. The molecule has 0 aliphatic carbocycles. The first-order valence-electron chi connectivity index (χ1n) is 6.61. The maximum absolute atomic E-state index is 12.4. The van der Waals surface area contributed by atoms with Gasteiger partial charge in [-0.25, -0.2) is 0 Å². The van der Waals surface area contributed by atoms with Gasteiger partial charge in [0.2, 0.25) is 0 Å². The van der Waals surface area contributed by atoms with Crippen molar-refractivity contribution in [1.29, 1.82) is 0 Å². The third-order valence-corrected chi connectivity index (χ3v) is 2.65. The predicted octanol–water partition coefficient (Wildman–Crippen LogP) is 3.53. The molecule has 1 atom stereocenters. The molecule has 0 heterocycles. The Balaban J connectivity index is 2.54. The fraction of sp³-hybridized carbons (Fsp3) is 0.533. The topological polar surface area (TPSA) is 38.3 Å². The van der Waals surface area contributed by atoms with E-state index in [1.54, 1.807) is 27.7 Å². The summed E-state index contributed by atoms with van der Waals surface area (Å²) in [6.07, 6.45) is -4.34. The maximum Gasteiger partial charge on any atom is 0.416 e. The van der Waals surface area contributed by atoms with Crippen LogP contribution >= 0.6 is 0 Å². The standard InChI is InChI=1S/C15H20F3NO2/c1-10(13(20)21-14(2,3)4)19-9-11-5-7-12(8-6-11)15(16,17)18/h5-8,10,19H,9H2,1-4H3. The molecule has 3 nitrogen and oxygen atoms in total. The molecular formula is C15H20F3NO2. The molecule has 1 aromatic rings. The number of rotatable bonds is 4. The van der Waals surface area contributed by atoms with Gasteiger partial charge < -0.3 is 10.1 Å². The minimum Gasteiger partial charge on any atom is -0.459 e. The van der Waals surface area contributed by atoms with Gasteiger partial charge in [-0.05, 0) is 45.4 Å². The van der Waals surface area contributed by atoms with Crippen LogP contribution in [0.1, 0.15) is 38.8 Å². The van der Waals surface area contributed by atoms with Crippen molar-refractivity contribution in [3.63, 3.8) is 0 Å². The Morgan fingerprint density at radius 2 is 1.71 bits per heavy atom. The summed E-state index contributed by atoms with van der Waals surface area (Å²) in [5, 5.41) is 2.92. The van der Waals surface area contributed by atoms with Gasteiger partial charge in [-0.15, -0.1) is 0 Å². The Hall–Kier alpha value is -1.56. The number of nitrogens with one attached hydrogen (secondary N) is 1. The number of benzene rings is 1. The monoisotopic (exact) mass is 303 g/mol. The molecule has 0 radical (unpaired) electrons. The Kier molecular flexibility index (Phi) is 5.39. The molecule has 118 valence electrons. The van der Waals surface area contributed by atoms with Crippen LogP contribution < -0.4 is 5.32 Å². The van der Waals surface area contributed by atoms with E-state index in [2.05, 4.69) is 5.32 Å². The van der Waals surface area contributed by atoms with Crippen LogP contribution in [0.2, 0.25) is 0 Å². The van der Waals surface area contributed by atoms with Crippen molar-refractivity contribution in [3.05, 3.63) is 35.4 Å². The lowest BCUT2D eigenvalue weighted by Crippen LogP contribution is -2.38. The minimum absolute atomic E-state index is 0.290. The first-order chi connectivity index (χ1) is 9.49. The second-order valence-corrected chi connectivity index (χ2v) is 5.83. The summed E-state index contributed by atoms with van der Waals surface area (Å²) in [6, 6.07) is 4.28. The van der Waals surface area contributed by atoms with Crippen molar-refractivity contribution in [2.75, 3.05) is 0 Å². The number of halogens is 3. The molecule has 0 saturated carbocycles. The van der Waals surface area contributed by atoms with Crippen LogP contribution in [0.15, 0.2) is 24.3 Å². The van der Waals surface area contributed by atoms with Crippen molar-refractivity contribution in [3.8, 4) is 0 Å².